The predicted molar refractivity (Wildman–Crippen MR) is 135 cm³/mol. The van der Waals surface area contributed by atoms with Gasteiger partial charge in [-0.25, -0.2) is 4.39 Å². The highest BCUT2D eigenvalue weighted by molar-refractivity contribution is 7.99. The van der Waals surface area contributed by atoms with Crippen LogP contribution in [0.15, 0.2) is 71.9 Å². The first-order valence-electron chi connectivity index (χ1n) is 10.9. The monoisotopic (exact) mass is 528 g/mol. The topological polar surface area (TPSA) is 92.3 Å². The van der Waals surface area contributed by atoms with Crippen molar-refractivity contribution in [1.29, 1.82) is 0 Å². The number of hydrogen-bond donors (Lipinski definition) is 0. The number of aromatic nitrogens is 3. The van der Waals surface area contributed by atoms with E-state index < -0.39 is 5.25 Å². The minimum Gasteiger partial charge on any atom is -0.493 e. The summed E-state index contributed by atoms with van der Waals surface area (Å²) in [5.41, 5.74) is 1.84. The minimum atomic E-state index is -0.593. The van der Waals surface area contributed by atoms with Crippen molar-refractivity contribution in [2.75, 3.05) is 13.7 Å². The molecule has 0 aliphatic carbocycles. The molecule has 8 nitrogen and oxygen atoms in total. The van der Waals surface area contributed by atoms with Crippen LogP contribution in [-0.2, 0) is 6.61 Å². The second-order valence-electron chi connectivity index (χ2n) is 7.75. The second kappa shape index (κ2) is 11.4. The maximum atomic E-state index is 14.0. The van der Waals surface area contributed by atoms with Gasteiger partial charge in [-0.15, -0.1) is 10.2 Å². The summed E-state index contributed by atoms with van der Waals surface area (Å²) in [5, 5.41) is 20.4. The number of methoxy groups -OCH3 is 1. The summed E-state index contributed by atoms with van der Waals surface area (Å²) in [6.07, 6.45) is 0. The van der Waals surface area contributed by atoms with E-state index in [9.17, 15) is 14.5 Å². The largest absolute Gasteiger partial charge is 0.493 e. The Morgan fingerprint density at radius 3 is 2.56 bits per heavy atom. The van der Waals surface area contributed by atoms with Gasteiger partial charge in [0.1, 0.15) is 23.5 Å². The lowest BCUT2D eigenvalue weighted by Crippen LogP contribution is -2.11. The van der Waals surface area contributed by atoms with Crippen LogP contribution >= 0.6 is 23.4 Å². The summed E-state index contributed by atoms with van der Waals surface area (Å²) in [6.45, 7) is 1.47. The van der Waals surface area contributed by atoms with Gasteiger partial charge < -0.3 is 9.47 Å². The molecular formula is C25H22ClFN4O4S. The molecule has 1 heterocycles. The van der Waals surface area contributed by atoms with Gasteiger partial charge in [-0.3, -0.25) is 14.7 Å². The average molecular weight is 529 g/mol. The third kappa shape index (κ3) is 5.95. The van der Waals surface area contributed by atoms with Gasteiger partial charge in [0.2, 0.25) is 6.54 Å². The van der Waals surface area contributed by atoms with Crippen molar-refractivity contribution in [3.8, 4) is 17.2 Å². The third-order valence-corrected chi connectivity index (χ3v) is 6.78. The van der Waals surface area contributed by atoms with Gasteiger partial charge in [-0.1, -0.05) is 47.6 Å². The standard InChI is InChI=1S/C25H22ClFN4O4S/c1-16-28-29-25(31(16)20-10-8-19(26)9-11-20)36-24(14-30(32)33)17-7-12-22(23(13-17)34-2)35-15-18-5-3-4-6-21(18)27/h3-13,24H,14-15H2,1-2H3/t24-/m1/s1. The molecule has 0 spiro atoms. The summed E-state index contributed by atoms with van der Waals surface area (Å²) in [4.78, 5) is 11.2. The summed E-state index contributed by atoms with van der Waals surface area (Å²) in [6, 6.07) is 18.6. The zero-order chi connectivity index (χ0) is 25.7. The van der Waals surface area contributed by atoms with Gasteiger partial charge in [0.25, 0.3) is 0 Å². The van der Waals surface area contributed by atoms with Crippen LogP contribution in [0.1, 0.15) is 22.2 Å². The van der Waals surface area contributed by atoms with Crippen molar-refractivity contribution in [3.63, 3.8) is 0 Å². The number of hydrogen-bond acceptors (Lipinski definition) is 7. The third-order valence-electron chi connectivity index (χ3n) is 5.34. The Kier molecular flexibility index (Phi) is 8.07. The number of benzene rings is 3. The van der Waals surface area contributed by atoms with Gasteiger partial charge in [-0.2, -0.15) is 0 Å². The molecule has 0 aliphatic heterocycles. The van der Waals surface area contributed by atoms with E-state index in [1.54, 1.807) is 55.5 Å². The van der Waals surface area contributed by atoms with E-state index in [4.69, 9.17) is 21.1 Å². The van der Waals surface area contributed by atoms with Crippen molar-refractivity contribution in [1.82, 2.24) is 14.8 Å². The van der Waals surface area contributed by atoms with Crippen molar-refractivity contribution >= 4 is 23.4 Å². The molecule has 11 heteroatoms. The van der Waals surface area contributed by atoms with Crippen LogP contribution in [-0.4, -0.2) is 33.3 Å². The van der Waals surface area contributed by atoms with Crippen LogP contribution in [0.5, 0.6) is 11.5 Å². The molecular weight excluding hydrogens is 507 g/mol. The highest BCUT2D eigenvalue weighted by Crippen LogP contribution is 2.39. The molecule has 0 bridgehead atoms. The Morgan fingerprint density at radius 2 is 1.86 bits per heavy atom. The number of aryl methyl sites for hydroxylation is 1. The molecule has 0 amide bonds. The molecule has 0 aliphatic rings. The minimum absolute atomic E-state index is 0.0128. The van der Waals surface area contributed by atoms with Crippen molar-refractivity contribution in [2.24, 2.45) is 0 Å². The van der Waals surface area contributed by atoms with Crippen LogP contribution in [0.4, 0.5) is 4.39 Å². The molecule has 4 aromatic rings. The highest BCUT2D eigenvalue weighted by Gasteiger charge is 2.25. The first kappa shape index (κ1) is 25.5. The molecule has 186 valence electrons. The molecule has 0 saturated carbocycles. The van der Waals surface area contributed by atoms with E-state index in [0.717, 1.165) is 5.69 Å². The van der Waals surface area contributed by atoms with E-state index >= 15 is 0 Å². The quantitative estimate of drug-likeness (QED) is 0.140. The zero-order valence-electron chi connectivity index (χ0n) is 19.4. The van der Waals surface area contributed by atoms with Crippen LogP contribution < -0.4 is 9.47 Å². The Bertz CT molecular complexity index is 1370. The summed E-state index contributed by atoms with van der Waals surface area (Å²) >= 11 is 7.24. The van der Waals surface area contributed by atoms with Crippen molar-refractivity contribution in [3.05, 3.63) is 105 Å². The lowest BCUT2D eigenvalue weighted by Gasteiger charge is -2.17. The Morgan fingerprint density at radius 1 is 1.11 bits per heavy atom. The smallest absolute Gasteiger partial charge is 0.220 e. The normalized spacial score (nSPS) is 11.8. The highest BCUT2D eigenvalue weighted by atomic mass is 35.5. The van der Waals surface area contributed by atoms with E-state index in [-0.39, 0.29) is 23.9 Å². The zero-order valence-corrected chi connectivity index (χ0v) is 21.0. The van der Waals surface area contributed by atoms with E-state index in [1.807, 2.05) is 16.7 Å². The van der Waals surface area contributed by atoms with E-state index in [2.05, 4.69) is 10.2 Å². The SMILES string of the molecule is COc1cc([C@@H](C[N+](=O)[O-])Sc2nnc(C)n2-c2ccc(Cl)cc2)ccc1OCc1ccccc1F. The Balaban J connectivity index is 1.61. The summed E-state index contributed by atoms with van der Waals surface area (Å²) in [7, 11) is 1.48. The first-order valence-corrected chi connectivity index (χ1v) is 12.1. The van der Waals surface area contributed by atoms with Gasteiger partial charge in [-0.05, 0) is 55.0 Å². The molecule has 0 unspecified atom stereocenters. The van der Waals surface area contributed by atoms with Gasteiger partial charge in [0.15, 0.2) is 16.7 Å². The lowest BCUT2D eigenvalue weighted by molar-refractivity contribution is -0.479. The molecule has 1 atom stereocenters. The maximum absolute atomic E-state index is 14.0. The summed E-state index contributed by atoms with van der Waals surface area (Å²) < 4.78 is 27.0. The fourth-order valence-electron chi connectivity index (χ4n) is 3.55. The van der Waals surface area contributed by atoms with Crippen molar-refractivity contribution in [2.45, 2.75) is 23.9 Å². The molecule has 0 saturated heterocycles. The van der Waals surface area contributed by atoms with Crippen LogP contribution in [0, 0.1) is 22.9 Å². The number of nitro groups is 1. The molecule has 3 aromatic carbocycles. The van der Waals surface area contributed by atoms with E-state index in [0.29, 0.717) is 38.6 Å². The van der Waals surface area contributed by atoms with Crippen molar-refractivity contribution < 1.29 is 18.8 Å². The fraction of sp³-hybridized carbons (Fsp3) is 0.200. The number of nitrogens with zero attached hydrogens (tertiary/aromatic N) is 4. The van der Waals surface area contributed by atoms with Crippen LogP contribution in [0.2, 0.25) is 5.02 Å². The van der Waals surface area contributed by atoms with E-state index in [1.165, 1.54) is 24.9 Å². The van der Waals surface area contributed by atoms with Gasteiger partial charge in [0, 0.05) is 21.2 Å². The average Bonchev–Trinajstić information content (AvgIpc) is 3.23. The molecule has 4 rings (SSSR count). The number of halogens is 2. The molecule has 36 heavy (non-hydrogen) atoms. The Labute approximate surface area is 216 Å². The van der Waals surface area contributed by atoms with Crippen LogP contribution in [0.25, 0.3) is 5.69 Å². The molecule has 0 radical (unpaired) electrons. The first-order chi connectivity index (χ1) is 17.4. The Hall–Kier alpha value is -3.63. The molecule has 0 N–H and O–H groups in total. The maximum Gasteiger partial charge on any atom is 0.220 e. The number of rotatable bonds is 10. The summed E-state index contributed by atoms with van der Waals surface area (Å²) in [5.74, 6) is 1.05. The lowest BCUT2D eigenvalue weighted by atomic mass is 10.1. The number of thioether (sulfide) groups is 1. The number of ether oxygens (including phenoxy) is 2. The van der Waals surface area contributed by atoms with Gasteiger partial charge in [0.05, 0.1) is 7.11 Å². The predicted octanol–water partition coefficient (Wildman–Crippen LogP) is 6.07. The van der Waals surface area contributed by atoms with Crippen LogP contribution in [0.3, 0.4) is 0 Å². The molecule has 0 fully saturated rings. The molecule has 1 aromatic heterocycles. The fourth-order valence-corrected chi connectivity index (χ4v) is 4.85. The second-order valence-corrected chi connectivity index (χ2v) is 9.36. The van der Waals surface area contributed by atoms with Gasteiger partial charge >= 0.3 is 0 Å².